The Bertz CT molecular complexity index is 747. The fourth-order valence-electron chi connectivity index (χ4n) is 2.14. The number of hydrogen-bond acceptors (Lipinski definition) is 1. The van der Waals surface area contributed by atoms with Gasteiger partial charge in [0.05, 0.1) is 6.42 Å². The molecule has 0 spiro atoms. The summed E-state index contributed by atoms with van der Waals surface area (Å²) in [6.07, 6.45) is 2.28. The normalized spacial score (nSPS) is 10.7. The fourth-order valence-corrected chi connectivity index (χ4v) is 2.50. The topological polar surface area (TPSA) is 44.9 Å². The van der Waals surface area contributed by atoms with Crippen LogP contribution in [0.4, 0.5) is 5.69 Å². The van der Waals surface area contributed by atoms with Crippen LogP contribution in [0, 0.1) is 3.57 Å². The lowest BCUT2D eigenvalue weighted by Crippen LogP contribution is -2.14. The van der Waals surface area contributed by atoms with Gasteiger partial charge in [0.2, 0.25) is 5.91 Å². The molecule has 0 aliphatic carbocycles. The highest BCUT2D eigenvalue weighted by Crippen LogP contribution is 2.16. The second-order valence-corrected chi connectivity index (χ2v) is 5.88. The summed E-state index contributed by atoms with van der Waals surface area (Å²) in [5.41, 5.74) is 2.94. The molecule has 2 aromatic carbocycles. The molecule has 0 atom stereocenters. The molecule has 3 aromatic rings. The highest BCUT2D eigenvalue weighted by Gasteiger charge is 2.05. The van der Waals surface area contributed by atoms with Crippen LogP contribution >= 0.6 is 22.6 Å². The van der Waals surface area contributed by atoms with E-state index in [0.29, 0.717) is 6.42 Å². The third-order valence-electron chi connectivity index (χ3n) is 3.11. The predicted molar refractivity (Wildman–Crippen MR) is 89.8 cm³/mol. The van der Waals surface area contributed by atoms with E-state index in [1.165, 1.54) is 0 Å². The Morgan fingerprint density at radius 1 is 1.10 bits per heavy atom. The monoisotopic (exact) mass is 376 g/mol. The van der Waals surface area contributed by atoms with Crippen molar-refractivity contribution < 1.29 is 4.79 Å². The average Bonchev–Trinajstić information content (AvgIpc) is 2.89. The van der Waals surface area contributed by atoms with Gasteiger partial charge >= 0.3 is 0 Å². The van der Waals surface area contributed by atoms with Crippen LogP contribution in [0.2, 0.25) is 0 Å². The molecule has 1 heterocycles. The van der Waals surface area contributed by atoms with Gasteiger partial charge in [0.1, 0.15) is 0 Å². The number of amides is 1. The summed E-state index contributed by atoms with van der Waals surface area (Å²) in [5, 5.41) is 4.04. The molecule has 0 saturated heterocycles. The molecule has 4 heteroatoms. The lowest BCUT2D eigenvalue weighted by Gasteiger charge is -2.05. The van der Waals surface area contributed by atoms with Crippen LogP contribution < -0.4 is 5.32 Å². The maximum atomic E-state index is 12.0. The van der Waals surface area contributed by atoms with E-state index in [2.05, 4.69) is 32.9 Å². The van der Waals surface area contributed by atoms with E-state index in [-0.39, 0.29) is 5.91 Å². The van der Waals surface area contributed by atoms with Crippen LogP contribution in [0.25, 0.3) is 10.9 Å². The third kappa shape index (κ3) is 3.01. The fraction of sp³-hybridized carbons (Fsp3) is 0.0625. The minimum Gasteiger partial charge on any atom is -0.361 e. The minimum atomic E-state index is 0.00101. The molecular weight excluding hydrogens is 363 g/mol. The second kappa shape index (κ2) is 5.66. The van der Waals surface area contributed by atoms with E-state index >= 15 is 0 Å². The Hall–Kier alpha value is -1.82. The van der Waals surface area contributed by atoms with Crippen LogP contribution in [0.15, 0.2) is 54.7 Å². The van der Waals surface area contributed by atoms with Crippen molar-refractivity contribution in [3.8, 4) is 0 Å². The number of carbonyl (C=O) groups is 1. The van der Waals surface area contributed by atoms with Crippen molar-refractivity contribution in [2.24, 2.45) is 0 Å². The molecule has 0 aliphatic heterocycles. The van der Waals surface area contributed by atoms with E-state index in [4.69, 9.17) is 0 Å². The predicted octanol–water partition coefficient (Wildman–Crippen LogP) is 3.95. The van der Waals surface area contributed by atoms with Crippen molar-refractivity contribution in [1.82, 2.24) is 4.98 Å². The zero-order chi connectivity index (χ0) is 13.9. The van der Waals surface area contributed by atoms with Gasteiger partial charge in [-0.25, -0.2) is 0 Å². The first-order valence-corrected chi connectivity index (χ1v) is 7.40. The highest BCUT2D eigenvalue weighted by molar-refractivity contribution is 14.1. The Morgan fingerprint density at radius 3 is 2.70 bits per heavy atom. The molecule has 100 valence electrons. The molecule has 0 fully saturated rings. The van der Waals surface area contributed by atoms with Crippen molar-refractivity contribution >= 4 is 45.1 Å². The van der Waals surface area contributed by atoms with E-state index in [9.17, 15) is 4.79 Å². The molecular formula is C16H13IN2O. The number of H-pyrrole nitrogens is 1. The van der Waals surface area contributed by atoms with Crippen molar-refractivity contribution in [1.29, 1.82) is 0 Å². The van der Waals surface area contributed by atoms with Gasteiger partial charge in [-0.1, -0.05) is 6.07 Å². The highest BCUT2D eigenvalue weighted by atomic mass is 127. The summed E-state index contributed by atoms with van der Waals surface area (Å²) < 4.78 is 1.15. The van der Waals surface area contributed by atoms with Crippen LogP contribution in [-0.2, 0) is 11.2 Å². The van der Waals surface area contributed by atoms with E-state index in [1.54, 1.807) is 0 Å². The first kappa shape index (κ1) is 13.2. The standard InChI is InChI=1S/C16H13IN2O/c17-13-2-4-14(5-3-13)19-16(20)10-11-1-6-15-12(9-11)7-8-18-15/h1-9,18H,10H2,(H,19,20). The summed E-state index contributed by atoms with van der Waals surface area (Å²) in [7, 11) is 0. The van der Waals surface area contributed by atoms with Gasteiger partial charge in [0.25, 0.3) is 0 Å². The number of halogens is 1. The second-order valence-electron chi connectivity index (χ2n) is 4.63. The maximum absolute atomic E-state index is 12.0. The summed E-state index contributed by atoms with van der Waals surface area (Å²) in [6.45, 7) is 0. The van der Waals surface area contributed by atoms with Gasteiger partial charge in [0.15, 0.2) is 0 Å². The van der Waals surface area contributed by atoms with Gasteiger partial charge < -0.3 is 10.3 Å². The quantitative estimate of drug-likeness (QED) is 0.668. The summed E-state index contributed by atoms with van der Waals surface area (Å²) in [5.74, 6) is 0.00101. The number of benzene rings is 2. The lowest BCUT2D eigenvalue weighted by molar-refractivity contribution is -0.115. The Kier molecular flexibility index (Phi) is 3.73. The smallest absolute Gasteiger partial charge is 0.228 e. The van der Waals surface area contributed by atoms with E-state index in [1.807, 2.05) is 54.7 Å². The average molecular weight is 376 g/mol. The van der Waals surface area contributed by atoms with E-state index in [0.717, 1.165) is 25.7 Å². The lowest BCUT2D eigenvalue weighted by atomic mass is 10.1. The maximum Gasteiger partial charge on any atom is 0.228 e. The van der Waals surface area contributed by atoms with E-state index < -0.39 is 0 Å². The first-order chi connectivity index (χ1) is 9.70. The van der Waals surface area contributed by atoms with Crippen LogP contribution in [0.3, 0.4) is 0 Å². The number of nitrogens with one attached hydrogen (secondary N) is 2. The number of hydrogen-bond donors (Lipinski definition) is 2. The minimum absolute atomic E-state index is 0.00101. The zero-order valence-electron chi connectivity index (χ0n) is 10.7. The Balaban J connectivity index is 1.70. The summed E-state index contributed by atoms with van der Waals surface area (Å²) in [4.78, 5) is 15.2. The SMILES string of the molecule is O=C(Cc1ccc2[nH]ccc2c1)Nc1ccc(I)cc1. The van der Waals surface area contributed by atoms with Crippen molar-refractivity contribution in [2.45, 2.75) is 6.42 Å². The van der Waals surface area contributed by atoms with Crippen molar-refractivity contribution in [2.75, 3.05) is 5.32 Å². The number of carbonyl (C=O) groups excluding carboxylic acids is 1. The van der Waals surface area contributed by atoms with Gasteiger partial charge in [-0.05, 0) is 76.0 Å². The number of fused-ring (bicyclic) bond motifs is 1. The molecule has 0 bridgehead atoms. The number of rotatable bonds is 3. The first-order valence-electron chi connectivity index (χ1n) is 6.32. The Labute approximate surface area is 130 Å². The largest absolute Gasteiger partial charge is 0.361 e. The van der Waals surface area contributed by atoms with Gasteiger partial charge in [-0.2, -0.15) is 0 Å². The number of aromatic nitrogens is 1. The molecule has 0 saturated carbocycles. The van der Waals surface area contributed by atoms with Crippen LogP contribution in [-0.4, -0.2) is 10.9 Å². The molecule has 3 rings (SSSR count). The number of aromatic amines is 1. The summed E-state index contributed by atoms with van der Waals surface area (Å²) in [6, 6.07) is 15.8. The number of anilines is 1. The molecule has 0 radical (unpaired) electrons. The summed E-state index contributed by atoms with van der Waals surface area (Å²) >= 11 is 2.24. The molecule has 1 aromatic heterocycles. The molecule has 20 heavy (non-hydrogen) atoms. The molecule has 2 N–H and O–H groups in total. The van der Waals surface area contributed by atoms with Gasteiger partial charge in [-0.3, -0.25) is 4.79 Å². The Morgan fingerprint density at radius 2 is 1.90 bits per heavy atom. The molecule has 1 amide bonds. The van der Waals surface area contributed by atoms with Crippen molar-refractivity contribution in [3.63, 3.8) is 0 Å². The molecule has 0 unspecified atom stereocenters. The third-order valence-corrected chi connectivity index (χ3v) is 3.83. The molecule has 3 nitrogen and oxygen atoms in total. The molecule has 0 aliphatic rings. The van der Waals surface area contributed by atoms with Crippen LogP contribution in [0.1, 0.15) is 5.56 Å². The van der Waals surface area contributed by atoms with Crippen LogP contribution in [0.5, 0.6) is 0 Å². The zero-order valence-corrected chi connectivity index (χ0v) is 12.8. The van der Waals surface area contributed by atoms with Gasteiger partial charge in [0, 0.05) is 21.0 Å². The van der Waals surface area contributed by atoms with Crippen molar-refractivity contribution in [3.05, 3.63) is 63.9 Å². The van der Waals surface area contributed by atoms with Gasteiger partial charge in [-0.15, -0.1) is 0 Å².